The molecule has 0 N–H and O–H groups in total. The van der Waals surface area contributed by atoms with Gasteiger partial charge in [0.05, 0.1) is 11.4 Å². The molecule has 0 heterocycles. The fourth-order valence-corrected chi connectivity index (χ4v) is 3.53. The Morgan fingerprint density at radius 1 is 0.828 bits per heavy atom. The summed E-state index contributed by atoms with van der Waals surface area (Å²) in [7, 11) is 0. The number of hydrogen-bond donors (Lipinski definition) is 0. The number of rotatable bonds is 4. The quantitative estimate of drug-likeness (QED) is 0.254. The van der Waals surface area contributed by atoms with E-state index in [1.54, 1.807) is 0 Å². The topological polar surface area (TPSA) is 24.7 Å². The monoisotopic (exact) mass is 416 g/mol. The summed E-state index contributed by atoms with van der Waals surface area (Å²) in [5.74, 6) is 0. The van der Waals surface area contributed by atoms with Gasteiger partial charge in [0.2, 0.25) is 0 Å². The minimum absolute atomic E-state index is 0. The van der Waals surface area contributed by atoms with Gasteiger partial charge in [0, 0.05) is 11.1 Å². The van der Waals surface area contributed by atoms with Gasteiger partial charge in [-0.1, -0.05) is 78.9 Å². The first kappa shape index (κ1) is 20.8. The molecular formula is C25H21ClN2S. The van der Waals surface area contributed by atoms with Gasteiger partial charge in [-0.05, 0) is 40.8 Å². The molecule has 0 spiro atoms. The Labute approximate surface area is 183 Å². The minimum Gasteiger partial charge on any atom is -0.269 e. The van der Waals surface area contributed by atoms with Crippen LogP contribution in [0.4, 0.5) is 0 Å². The zero-order valence-corrected chi connectivity index (χ0v) is 17.6. The first-order valence-electron chi connectivity index (χ1n) is 9.06. The van der Waals surface area contributed by atoms with Crippen molar-refractivity contribution in [1.82, 2.24) is 0 Å². The van der Waals surface area contributed by atoms with Gasteiger partial charge in [0.1, 0.15) is 6.00 Å². The molecule has 0 atom stereocenters. The molecule has 0 radical (unpaired) electrons. The highest BCUT2D eigenvalue weighted by molar-refractivity contribution is 7.59. The molecule has 1 aliphatic carbocycles. The van der Waals surface area contributed by atoms with Crippen molar-refractivity contribution in [3.8, 4) is 11.1 Å². The van der Waals surface area contributed by atoms with E-state index in [1.165, 1.54) is 16.3 Å². The third-order valence-electron chi connectivity index (χ3n) is 4.79. The summed E-state index contributed by atoms with van der Waals surface area (Å²) >= 11 is 5.81. The highest BCUT2D eigenvalue weighted by Crippen LogP contribution is 2.28. The van der Waals surface area contributed by atoms with E-state index < -0.39 is 0 Å². The number of alkyl halides is 1. The number of halogens is 1. The maximum absolute atomic E-state index is 5.81. The summed E-state index contributed by atoms with van der Waals surface area (Å²) in [4.78, 5) is 8.63. The number of aliphatic imine (C=N–C) groups is 2. The maximum atomic E-state index is 5.81. The van der Waals surface area contributed by atoms with Gasteiger partial charge < -0.3 is 0 Å². The van der Waals surface area contributed by atoms with Crippen molar-refractivity contribution >= 4 is 54.0 Å². The fourth-order valence-electron chi connectivity index (χ4n) is 3.40. The highest BCUT2D eigenvalue weighted by atomic mass is 35.5. The largest absolute Gasteiger partial charge is 0.269 e. The molecule has 3 aromatic carbocycles. The van der Waals surface area contributed by atoms with Crippen molar-refractivity contribution in [2.45, 2.75) is 0 Å². The van der Waals surface area contributed by atoms with Crippen LogP contribution >= 0.6 is 25.1 Å². The molecule has 29 heavy (non-hydrogen) atoms. The molecule has 0 bridgehead atoms. The lowest BCUT2D eigenvalue weighted by molar-refractivity contribution is 1.35. The van der Waals surface area contributed by atoms with E-state index in [-0.39, 0.29) is 19.5 Å². The van der Waals surface area contributed by atoms with Crippen molar-refractivity contribution in [1.29, 1.82) is 0 Å². The average Bonchev–Trinajstić information content (AvgIpc) is 2.76. The Kier molecular flexibility index (Phi) is 6.86. The third kappa shape index (κ3) is 4.42. The van der Waals surface area contributed by atoms with Crippen LogP contribution in [-0.4, -0.2) is 18.4 Å². The van der Waals surface area contributed by atoms with Crippen molar-refractivity contribution in [3.63, 3.8) is 0 Å². The van der Waals surface area contributed by atoms with E-state index in [1.807, 2.05) is 24.3 Å². The van der Waals surface area contributed by atoms with Crippen LogP contribution < -0.4 is 0 Å². The predicted molar refractivity (Wildman–Crippen MR) is 133 cm³/mol. The molecule has 3 aromatic rings. The van der Waals surface area contributed by atoms with E-state index in [2.05, 4.69) is 83.4 Å². The molecular weight excluding hydrogens is 396 g/mol. The van der Waals surface area contributed by atoms with E-state index >= 15 is 0 Å². The molecule has 1 aliphatic rings. The summed E-state index contributed by atoms with van der Waals surface area (Å²) in [6.45, 7) is 3.77. The van der Waals surface area contributed by atoms with Crippen molar-refractivity contribution in [2.75, 3.05) is 6.00 Å². The molecule has 0 aliphatic heterocycles. The van der Waals surface area contributed by atoms with E-state index in [0.29, 0.717) is 0 Å². The third-order valence-corrected chi connectivity index (χ3v) is 4.91. The van der Waals surface area contributed by atoms with E-state index in [4.69, 9.17) is 11.6 Å². The normalized spacial score (nSPS) is 16.0. The molecule has 4 rings (SSSR count). The van der Waals surface area contributed by atoms with Gasteiger partial charge in [-0.25, -0.2) is 0 Å². The van der Waals surface area contributed by atoms with Gasteiger partial charge >= 0.3 is 0 Å². The number of hydrogen-bond acceptors (Lipinski definition) is 2. The minimum atomic E-state index is 0. The van der Waals surface area contributed by atoms with E-state index in [0.717, 1.165) is 28.1 Å². The first-order chi connectivity index (χ1) is 13.8. The zero-order valence-electron chi connectivity index (χ0n) is 15.8. The van der Waals surface area contributed by atoms with Crippen molar-refractivity contribution in [2.24, 2.45) is 9.98 Å². The lowest BCUT2D eigenvalue weighted by atomic mass is 9.96. The van der Waals surface area contributed by atoms with Crippen LogP contribution in [0.5, 0.6) is 0 Å². The van der Waals surface area contributed by atoms with E-state index in [9.17, 15) is 0 Å². The van der Waals surface area contributed by atoms with Crippen LogP contribution in [0.1, 0.15) is 5.56 Å². The molecule has 4 heteroatoms. The van der Waals surface area contributed by atoms with Gasteiger partial charge in [-0.3, -0.25) is 9.98 Å². The number of fused-ring (bicyclic) bond motifs is 1. The summed E-state index contributed by atoms with van der Waals surface area (Å²) < 4.78 is 0. The fraction of sp³-hybridized carbons (Fsp3) is 0.0400. The predicted octanol–water partition coefficient (Wildman–Crippen LogP) is 6.79. The van der Waals surface area contributed by atoms with Crippen molar-refractivity contribution < 1.29 is 0 Å². The Balaban J connectivity index is 0.00000240. The van der Waals surface area contributed by atoms with Crippen LogP contribution in [-0.2, 0) is 0 Å². The number of allylic oxidation sites excluding steroid dienone is 5. The number of benzene rings is 3. The van der Waals surface area contributed by atoms with Crippen LogP contribution in [0.15, 0.2) is 107 Å². The summed E-state index contributed by atoms with van der Waals surface area (Å²) in [5.41, 5.74) is 5.90. The van der Waals surface area contributed by atoms with Crippen LogP contribution in [0.3, 0.4) is 0 Å². The number of nitrogens with zero attached hydrogens (tertiary/aromatic N) is 2. The lowest BCUT2D eigenvalue weighted by Gasteiger charge is -2.12. The molecule has 0 saturated heterocycles. The smallest absolute Gasteiger partial charge is 0.114 e. The highest BCUT2D eigenvalue weighted by Gasteiger charge is 2.12. The lowest BCUT2D eigenvalue weighted by Crippen LogP contribution is -2.03. The zero-order chi connectivity index (χ0) is 19.3. The van der Waals surface area contributed by atoms with Gasteiger partial charge in [0.15, 0.2) is 0 Å². The second-order valence-corrected chi connectivity index (χ2v) is 6.68. The molecule has 0 amide bonds. The molecule has 0 unspecified atom stereocenters. The maximum Gasteiger partial charge on any atom is 0.114 e. The summed E-state index contributed by atoms with van der Waals surface area (Å²) in [5, 5.41) is 2.48. The first-order valence-corrected chi connectivity index (χ1v) is 9.60. The Morgan fingerprint density at radius 3 is 2.24 bits per heavy atom. The SMILES string of the molecule is C=N/C(=C1/C=CC=C/C1=N/CCl)c1ccc(-c2ccc3ccccc3c2)cc1.S. The second-order valence-electron chi connectivity index (χ2n) is 6.44. The van der Waals surface area contributed by atoms with Crippen molar-refractivity contribution in [3.05, 3.63) is 102 Å². The van der Waals surface area contributed by atoms with Gasteiger partial charge in [-0.15, -0.1) is 11.6 Å². The Hall–Kier alpha value is -2.88. The molecule has 0 fully saturated rings. The van der Waals surface area contributed by atoms with Gasteiger partial charge in [-0.2, -0.15) is 13.5 Å². The molecule has 0 aromatic heterocycles. The van der Waals surface area contributed by atoms with Crippen LogP contribution in [0, 0.1) is 0 Å². The van der Waals surface area contributed by atoms with Gasteiger partial charge in [0.25, 0.3) is 0 Å². The standard InChI is InChI=1S/C25H19ClN2.H2S/c1-27-25(23-8-4-5-9-24(23)28-17-26)20-13-10-19(11-14-20)22-15-12-18-6-2-3-7-21(18)16-22;/h2-16H,1,17H2;1H2/b25-23-,28-24-;. The molecule has 2 nitrogen and oxygen atoms in total. The van der Waals surface area contributed by atoms with Crippen LogP contribution in [0.2, 0.25) is 0 Å². The second kappa shape index (κ2) is 9.55. The molecule has 0 saturated carbocycles. The Bertz CT molecular complexity index is 1150. The summed E-state index contributed by atoms with van der Waals surface area (Å²) in [6, 6.07) is 23.5. The Morgan fingerprint density at radius 2 is 1.52 bits per heavy atom. The van der Waals surface area contributed by atoms with Crippen LogP contribution in [0.25, 0.3) is 27.6 Å². The molecule has 144 valence electrons. The summed E-state index contributed by atoms with van der Waals surface area (Å²) in [6.07, 6.45) is 7.84. The average molecular weight is 417 g/mol.